The minimum Gasteiger partial charge on any atom is -0.460 e. The number of aromatic nitrogens is 1. The zero-order valence-corrected chi connectivity index (χ0v) is 14.1. The summed E-state index contributed by atoms with van der Waals surface area (Å²) in [4.78, 5) is 16.7. The number of sulfonamides is 1. The van der Waals surface area contributed by atoms with Gasteiger partial charge in [-0.3, -0.25) is 4.79 Å². The molecule has 0 aliphatic carbocycles. The molecule has 3 rings (SSSR count). The van der Waals surface area contributed by atoms with E-state index in [0.29, 0.717) is 25.9 Å². The molecule has 0 radical (unpaired) electrons. The van der Waals surface area contributed by atoms with Crippen molar-refractivity contribution in [2.45, 2.75) is 25.8 Å². The van der Waals surface area contributed by atoms with E-state index in [1.807, 2.05) is 6.92 Å². The van der Waals surface area contributed by atoms with Crippen LogP contribution in [0.2, 0.25) is 0 Å². The molecule has 1 N–H and O–H groups in total. The lowest BCUT2D eigenvalue weighted by Gasteiger charge is -2.33. The quantitative estimate of drug-likeness (QED) is 0.903. The average Bonchev–Trinajstić information content (AvgIpc) is 3.11. The number of furan rings is 1. The molecular formula is C16H19N3O4S. The van der Waals surface area contributed by atoms with Gasteiger partial charge < -0.3 is 9.73 Å². The lowest BCUT2D eigenvalue weighted by atomic mass is 10.1. The highest BCUT2D eigenvalue weighted by molar-refractivity contribution is 8.07. The number of carbonyl (C=O) groups is 1. The van der Waals surface area contributed by atoms with Gasteiger partial charge in [0.15, 0.2) is 5.76 Å². The Hall–Kier alpha value is -2.19. The van der Waals surface area contributed by atoms with Crippen LogP contribution in [0.4, 0.5) is 5.82 Å². The summed E-state index contributed by atoms with van der Waals surface area (Å²) in [5.41, 5.74) is 0.916. The molecule has 0 amide bonds. The van der Waals surface area contributed by atoms with E-state index >= 15 is 0 Å². The van der Waals surface area contributed by atoms with E-state index in [9.17, 15) is 13.2 Å². The Morgan fingerprint density at radius 2 is 2.04 bits per heavy atom. The number of hydrogen-bond donors (Lipinski definition) is 1. The lowest BCUT2D eigenvalue weighted by Crippen LogP contribution is -2.48. The third-order valence-electron chi connectivity index (χ3n) is 3.98. The van der Waals surface area contributed by atoms with Crippen LogP contribution in [-0.4, -0.2) is 37.6 Å². The summed E-state index contributed by atoms with van der Waals surface area (Å²) in [6.07, 6.45) is 4.10. The van der Waals surface area contributed by atoms with E-state index in [0.717, 1.165) is 9.87 Å². The predicted octanol–water partition coefficient (Wildman–Crippen LogP) is 1.71. The molecule has 24 heavy (non-hydrogen) atoms. The molecule has 2 aromatic rings. The highest BCUT2D eigenvalue weighted by Gasteiger charge is 2.39. The summed E-state index contributed by atoms with van der Waals surface area (Å²) in [6, 6.07) is 5.93. The van der Waals surface area contributed by atoms with Crippen molar-refractivity contribution in [1.82, 2.24) is 10.3 Å². The summed E-state index contributed by atoms with van der Waals surface area (Å²) in [6.45, 7) is 3.25. The van der Waals surface area contributed by atoms with Gasteiger partial charge in [0.1, 0.15) is 5.82 Å². The predicted molar refractivity (Wildman–Crippen MR) is 89.3 cm³/mol. The van der Waals surface area contributed by atoms with E-state index in [2.05, 4.69) is 10.3 Å². The monoisotopic (exact) mass is 349 g/mol. The Labute approximate surface area is 140 Å². The fourth-order valence-corrected chi connectivity index (χ4v) is 4.26. The van der Waals surface area contributed by atoms with Crippen LogP contribution in [0.5, 0.6) is 0 Å². The van der Waals surface area contributed by atoms with Crippen molar-refractivity contribution in [2.75, 3.05) is 17.4 Å². The van der Waals surface area contributed by atoms with Crippen molar-refractivity contribution in [3.63, 3.8) is 0 Å². The van der Waals surface area contributed by atoms with Gasteiger partial charge in [0.2, 0.25) is 0 Å². The normalized spacial score (nSPS) is 16.0. The number of aryl methyl sites for hydroxylation is 1. The Bertz CT molecular complexity index is 794. The van der Waals surface area contributed by atoms with Crippen molar-refractivity contribution in [3.05, 3.63) is 48.0 Å². The van der Waals surface area contributed by atoms with Crippen molar-refractivity contribution in [3.8, 4) is 0 Å². The number of piperidine rings is 1. The summed E-state index contributed by atoms with van der Waals surface area (Å²) < 4.78 is 32.1. The molecule has 8 heteroatoms. The molecule has 1 aliphatic rings. The number of nitrogens with one attached hydrogen (secondary N) is 1. The van der Waals surface area contributed by atoms with Crippen molar-refractivity contribution in [1.29, 1.82) is 0 Å². The first-order chi connectivity index (χ1) is 11.5. The maximum atomic E-state index is 13.0. The molecule has 3 heterocycles. The minimum absolute atomic E-state index is 0.193. The van der Waals surface area contributed by atoms with Gasteiger partial charge in [-0.05, 0) is 56.6 Å². The molecular weight excluding hydrogens is 330 g/mol. The molecule has 7 nitrogen and oxygen atoms in total. The molecule has 0 aromatic carbocycles. The Morgan fingerprint density at radius 1 is 1.29 bits per heavy atom. The maximum absolute atomic E-state index is 13.0. The van der Waals surface area contributed by atoms with E-state index < -0.39 is 15.1 Å². The molecule has 0 atom stereocenters. The standard InChI is InChI=1S/C16H19N3O4S/c1-12-4-5-15(18-11-12)19(13-6-8-17-9-7-13)24(21,22)16(20)14-3-2-10-23-14/h2-5,10-11,13,17H,6-9H2,1H3. The molecule has 0 bridgehead atoms. The SMILES string of the molecule is Cc1ccc(N(C2CCNCC2)S(=O)(=O)C(=O)c2ccco2)nc1. The second-order valence-corrected chi connectivity index (χ2v) is 7.45. The molecule has 2 aromatic heterocycles. The van der Waals surface area contributed by atoms with Crippen LogP contribution in [0.1, 0.15) is 29.0 Å². The topological polar surface area (TPSA) is 92.5 Å². The van der Waals surface area contributed by atoms with Crippen LogP contribution in [0.25, 0.3) is 0 Å². The highest BCUT2D eigenvalue weighted by Crippen LogP contribution is 2.26. The molecule has 0 unspecified atom stereocenters. The van der Waals surface area contributed by atoms with E-state index in [4.69, 9.17) is 4.42 Å². The molecule has 0 saturated carbocycles. The van der Waals surface area contributed by atoms with Gasteiger partial charge in [-0.2, -0.15) is 8.42 Å². The smallest absolute Gasteiger partial charge is 0.332 e. The zero-order valence-electron chi connectivity index (χ0n) is 13.3. The van der Waals surface area contributed by atoms with E-state index in [-0.39, 0.29) is 17.6 Å². The summed E-state index contributed by atoms with van der Waals surface area (Å²) >= 11 is 0. The van der Waals surface area contributed by atoms with Crippen LogP contribution in [0.3, 0.4) is 0 Å². The maximum Gasteiger partial charge on any atom is 0.332 e. The van der Waals surface area contributed by atoms with Gasteiger partial charge in [-0.1, -0.05) is 6.07 Å². The summed E-state index contributed by atoms with van der Waals surface area (Å²) in [5, 5.41) is 2.15. The van der Waals surface area contributed by atoms with Gasteiger partial charge in [0, 0.05) is 12.2 Å². The molecule has 1 fully saturated rings. The first-order valence-electron chi connectivity index (χ1n) is 7.76. The van der Waals surface area contributed by atoms with Crippen LogP contribution in [-0.2, 0) is 10.0 Å². The van der Waals surface area contributed by atoms with Crippen LogP contribution in [0.15, 0.2) is 41.1 Å². The van der Waals surface area contributed by atoms with Gasteiger partial charge in [-0.25, -0.2) is 9.29 Å². The first kappa shape index (κ1) is 16.7. The van der Waals surface area contributed by atoms with Crippen molar-refractivity contribution < 1.29 is 17.6 Å². The van der Waals surface area contributed by atoms with Crippen molar-refractivity contribution >= 4 is 21.0 Å². The fraction of sp³-hybridized carbons (Fsp3) is 0.375. The van der Waals surface area contributed by atoms with E-state index in [1.165, 1.54) is 18.4 Å². The van der Waals surface area contributed by atoms with Gasteiger partial charge in [0.05, 0.1) is 6.26 Å². The molecule has 128 valence electrons. The average molecular weight is 349 g/mol. The summed E-state index contributed by atoms with van der Waals surface area (Å²) in [5.74, 6) is 0.0634. The number of carbonyl (C=O) groups excluding carboxylic acids is 1. The van der Waals surface area contributed by atoms with Gasteiger partial charge in [-0.15, -0.1) is 0 Å². The largest absolute Gasteiger partial charge is 0.460 e. The highest BCUT2D eigenvalue weighted by atomic mass is 32.2. The number of rotatable bonds is 4. The molecule has 0 spiro atoms. The second kappa shape index (κ2) is 6.74. The van der Waals surface area contributed by atoms with E-state index in [1.54, 1.807) is 18.3 Å². The third-order valence-corrected chi connectivity index (χ3v) is 5.65. The molecule has 1 saturated heterocycles. The fourth-order valence-electron chi connectivity index (χ4n) is 2.75. The Balaban J connectivity index is 2.02. The lowest BCUT2D eigenvalue weighted by molar-refractivity contribution is 0.105. The first-order valence-corrected chi connectivity index (χ1v) is 9.20. The van der Waals surface area contributed by atoms with Crippen LogP contribution in [0, 0.1) is 6.92 Å². The van der Waals surface area contributed by atoms with Gasteiger partial charge >= 0.3 is 15.1 Å². The number of nitrogens with zero attached hydrogens (tertiary/aromatic N) is 2. The number of anilines is 1. The Kier molecular flexibility index (Phi) is 4.68. The number of pyridine rings is 1. The van der Waals surface area contributed by atoms with Crippen LogP contribution >= 0.6 is 0 Å². The number of hydrogen-bond acceptors (Lipinski definition) is 6. The van der Waals surface area contributed by atoms with Gasteiger partial charge in [0.25, 0.3) is 0 Å². The summed E-state index contributed by atoms with van der Waals surface area (Å²) in [7, 11) is -4.28. The third kappa shape index (κ3) is 3.20. The minimum atomic E-state index is -4.28. The molecule has 1 aliphatic heterocycles. The second-order valence-electron chi connectivity index (χ2n) is 5.74. The zero-order chi connectivity index (χ0) is 17.2. The van der Waals surface area contributed by atoms with Crippen LogP contribution < -0.4 is 9.62 Å². The van der Waals surface area contributed by atoms with Crippen molar-refractivity contribution in [2.24, 2.45) is 0 Å². The Morgan fingerprint density at radius 3 is 2.62 bits per heavy atom.